The maximum Gasteiger partial charge on any atom is 0.416 e. The smallest absolute Gasteiger partial charge is 0.393 e. The van der Waals surface area contributed by atoms with Crippen LogP contribution in [0.3, 0.4) is 0 Å². The molecule has 1 aliphatic carbocycles. The van der Waals surface area contributed by atoms with Crippen molar-refractivity contribution < 1.29 is 19.4 Å². The number of hydrogen-bond acceptors (Lipinski definition) is 5. The molecule has 2 amide bonds. The van der Waals surface area contributed by atoms with Crippen LogP contribution >= 0.6 is 0 Å². The van der Waals surface area contributed by atoms with Crippen LogP contribution in [-0.4, -0.2) is 44.7 Å². The van der Waals surface area contributed by atoms with E-state index in [9.17, 15) is 14.7 Å². The largest absolute Gasteiger partial charge is 0.416 e. The quantitative estimate of drug-likeness (QED) is 0.299. The number of allylic oxidation sites excluding steroid dienone is 1. The summed E-state index contributed by atoms with van der Waals surface area (Å²) in [5, 5.41) is 10.4. The van der Waals surface area contributed by atoms with Crippen molar-refractivity contribution >= 4 is 23.3 Å². The van der Waals surface area contributed by atoms with Crippen molar-refractivity contribution in [3.63, 3.8) is 0 Å². The van der Waals surface area contributed by atoms with E-state index in [1.165, 1.54) is 10.5 Å². The van der Waals surface area contributed by atoms with Crippen LogP contribution in [0.15, 0.2) is 84.7 Å². The maximum absolute atomic E-state index is 14.1. The van der Waals surface area contributed by atoms with Crippen LogP contribution < -0.4 is 9.64 Å². The van der Waals surface area contributed by atoms with Crippen LogP contribution in [0.2, 0.25) is 0 Å². The summed E-state index contributed by atoms with van der Waals surface area (Å²) in [5.74, 6) is 0.335. The highest BCUT2D eigenvalue weighted by atomic mass is 16.6. The highest BCUT2D eigenvalue weighted by Crippen LogP contribution is 2.36. The number of aryl methyl sites for hydroxylation is 1. The molecule has 1 aliphatic heterocycles. The molecule has 0 saturated carbocycles. The highest BCUT2D eigenvalue weighted by Gasteiger charge is 2.28. The second-order valence-electron chi connectivity index (χ2n) is 11.5. The van der Waals surface area contributed by atoms with Gasteiger partial charge in [-0.3, -0.25) is 9.78 Å². The number of amides is 2. The average Bonchev–Trinajstić information content (AvgIpc) is 3.29. The lowest BCUT2D eigenvalue weighted by molar-refractivity contribution is 0.0984. The van der Waals surface area contributed by atoms with E-state index in [4.69, 9.17) is 4.74 Å². The first kappa shape index (κ1) is 28.4. The van der Waals surface area contributed by atoms with Gasteiger partial charge in [-0.2, -0.15) is 0 Å². The Morgan fingerprint density at radius 2 is 1.88 bits per heavy atom. The number of aliphatic hydroxyl groups excluding tert-OH is 1. The lowest BCUT2D eigenvalue weighted by Crippen LogP contribution is -2.31. The summed E-state index contributed by atoms with van der Waals surface area (Å²) in [4.78, 5) is 34.5. The van der Waals surface area contributed by atoms with Gasteiger partial charge < -0.3 is 24.2 Å². The third-order valence-corrected chi connectivity index (χ3v) is 8.53. The summed E-state index contributed by atoms with van der Waals surface area (Å²) in [6.45, 7) is 5.20. The van der Waals surface area contributed by atoms with Crippen LogP contribution in [0.4, 0.5) is 10.5 Å². The van der Waals surface area contributed by atoms with E-state index in [0.29, 0.717) is 31.1 Å². The van der Waals surface area contributed by atoms with Crippen molar-refractivity contribution in [2.24, 2.45) is 0 Å². The minimum Gasteiger partial charge on any atom is -0.393 e. The third-order valence-electron chi connectivity index (χ3n) is 8.53. The minimum atomic E-state index is -0.471. The standard InChI is InChI=1S/C35H36N4O4/c1-23-18-26(13-15-29(23)30-10-6-12-32(40)24(30)2)34(41)39-22-28-14-16-33(38(28)21-27-9-4-5-11-31(27)39)43-35(42)37(3)20-25-8-7-17-36-19-25/h4-5,7-9,11,13-19,32,40H,6,10,12,20-22H2,1-3H3/t32-/m1/s1. The summed E-state index contributed by atoms with van der Waals surface area (Å²) >= 11 is 0. The summed E-state index contributed by atoms with van der Waals surface area (Å²) in [7, 11) is 1.69. The molecule has 6 rings (SSSR count). The first-order valence-electron chi connectivity index (χ1n) is 14.7. The van der Waals surface area contributed by atoms with Gasteiger partial charge in [0.25, 0.3) is 5.91 Å². The Morgan fingerprint density at radius 3 is 2.67 bits per heavy atom. The van der Waals surface area contributed by atoms with Gasteiger partial charge in [-0.1, -0.05) is 30.3 Å². The molecule has 8 heteroatoms. The minimum absolute atomic E-state index is 0.0964. The van der Waals surface area contributed by atoms with Crippen molar-refractivity contribution in [3.05, 3.63) is 118 Å². The molecule has 2 aliphatic rings. The first-order chi connectivity index (χ1) is 20.8. The molecule has 220 valence electrons. The number of aliphatic hydroxyl groups is 1. The lowest BCUT2D eigenvalue weighted by Gasteiger charge is -2.25. The molecule has 0 unspecified atom stereocenters. The van der Waals surface area contributed by atoms with Crippen molar-refractivity contribution in [2.45, 2.75) is 58.8 Å². The monoisotopic (exact) mass is 576 g/mol. The molecule has 2 aromatic heterocycles. The van der Waals surface area contributed by atoms with Gasteiger partial charge in [-0.05, 0) is 96.8 Å². The van der Waals surface area contributed by atoms with E-state index in [-0.39, 0.29) is 5.91 Å². The topological polar surface area (TPSA) is 87.9 Å². The van der Waals surface area contributed by atoms with Crippen molar-refractivity contribution in [2.75, 3.05) is 11.9 Å². The number of anilines is 1. The van der Waals surface area contributed by atoms with Crippen LogP contribution in [0, 0.1) is 6.92 Å². The number of nitrogens with zero attached hydrogens (tertiary/aromatic N) is 4. The van der Waals surface area contributed by atoms with Gasteiger partial charge in [0.05, 0.1) is 25.7 Å². The second kappa shape index (κ2) is 11.9. The van der Waals surface area contributed by atoms with Gasteiger partial charge in [0, 0.05) is 42.5 Å². The Labute approximate surface area is 251 Å². The number of hydrogen-bond donors (Lipinski definition) is 1. The molecule has 0 bridgehead atoms. The number of carbonyl (C=O) groups excluding carboxylic acids is 2. The Balaban J connectivity index is 1.26. The molecule has 0 saturated heterocycles. The molecular formula is C35H36N4O4. The Morgan fingerprint density at radius 1 is 1.05 bits per heavy atom. The van der Waals surface area contributed by atoms with E-state index in [0.717, 1.165) is 58.5 Å². The predicted octanol–water partition coefficient (Wildman–Crippen LogP) is 6.35. The Hall–Kier alpha value is -4.69. The van der Waals surface area contributed by atoms with E-state index in [2.05, 4.69) is 4.98 Å². The van der Waals surface area contributed by atoms with Gasteiger partial charge >= 0.3 is 6.09 Å². The Bertz CT molecular complexity index is 1710. The summed E-state index contributed by atoms with van der Waals surface area (Å²) in [5.41, 5.74) is 8.49. The van der Waals surface area contributed by atoms with Crippen molar-refractivity contribution in [1.82, 2.24) is 14.5 Å². The van der Waals surface area contributed by atoms with Crippen molar-refractivity contribution in [3.8, 4) is 5.88 Å². The fraction of sp³-hybridized carbons (Fsp3) is 0.286. The number of rotatable bonds is 5. The zero-order valence-electron chi connectivity index (χ0n) is 24.8. The number of benzene rings is 2. The number of para-hydroxylation sites is 1. The molecule has 0 spiro atoms. The summed E-state index contributed by atoms with van der Waals surface area (Å²) in [6, 6.07) is 21.2. The van der Waals surface area contributed by atoms with Gasteiger partial charge in [-0.15, -0.1) is 0 Å². The molecule has 0 fully saturated rings. The molecule has 4 aromatic rings. The molecule has 3 heterocycles. The fourth-order valence-corrected chi connectivity index (χ4v) is 6.12. The SMILES string of the molecule is CC1=C(c2ccc(C(=O)N3Cc4ccc(OC(=O)N(C)Cc5cccnc5)n4Cc4ccccc43)cc2C)CCC[C@H]1O. The molecule has 1 N–H and O–H groups in total. The van der Waals surface area contributed by atoms with Crippen molar-refractivity contribution in [1.29, 1.82) is 0 Å². The molecule has 1 atom stereocenters. The first-order valence-corrected chi connectivity index (χ1v) is 14.7. The summed E-state index contributed by atoms with van der Waals surface area (Å²) in [6.07, 6.45) is 5.23. The zero-order valence-corrected chi connectivity index (χ0v) is 24.8. The molecule has 2 aromatic carbocycles. The normalized spacial score (nSPS) is 16.3. The predicted molar refractivity (Wildman–Crippen MR) is 166 cm³/mol. The van der Waals surface area contributed by atoms with E-state index >= 15 is 0 Å². The maximum atomic E-state index is 14.1. The number of aromatic nitrogens is 2. The third kappa shape index (κ3) is 5.70. The highest BCUT2D eigenvalue weighted by molar-refractivity contribution is 6.07. The molecule has 8 nitrogen and oxygen atoms in total. The van der Waals surface area contributed by atoms with E-state index in [1.54, 1.807) is 30.4 Å². The lowest BCUT2D eigenvalue weighted by atomic mass is 9.84. The number of pyridine rings is 1. The number of ether oxygens (including phenoxy) is 1. The second-order valence-corrected chi connectivity index (χ2v) is 11.5. The average molecular weight is 577 g/mol. The van der Waals surface area contributed by atoms with Gasteiger partial charge in [0.15, 0.2) is 0 Å². The zero-order chi connectivity index (χ0) is 30.1. The van der Waals surface area contributed by atoms with E-state index in [1.807, 2.05) is 79.1 Å². The van der Waals surface area contributed by atoms with Crippen LogP contribution in [-0.2, 0) is 19.6 Å². The number of fused-ring (bicyclic) bond motifs is 2. The Kier molecular flexibility index (Phi) is 7.86. The summed E-state index contributed by atoms with van der Waals surface area (Å²) < 4.78 is 7.80. The van der Waals surface area contributed by atoms with E-state index < -0.39 is 12.2 Å². The van der Waals surface area contributed by atoms with Gasteiger partial charge in [0.1, 0.15) is 0 Å². The molecule has 0 radical (unpaired) electrons. The van der Waals surface area contributed by atoms with Gasteiger partial charge in [0.2, 0.25) is 5.88 Å². The van der Waals surface area contributed by atoms with Crippen LogP contribution in [0.1, 0.15) is 64.5 Å². The fourth-order valence-electron chi connectivity index (χ4n) is 6.12. The van der Waals surface area contributed by atoms with Crippen LogP contribution in [0.25, 0.3) is 5.57 Å². The number of carbonyl (C=O) groups is 2. The van der Waals surface area contributed by atoms with Crippen LogP contribution in [0.5, 0.6) is 5.88 Å². The van der Waals surface area contributed by atoms with Gasteiger partial charge in [-0.25, -0.2) is 4.79 Å². The molecule has 43 heavy (non-hydrogen) atoms. The molecular weight excluding hydrogens is 540 g/mol.